The van der Waals surface area contributed by atoms with Crippen molar-refractivity contribution in [1.82, 2.24) is 20.1 Å². The zero-order valence-electron chi connectivity index (χ0n) is 15.8. The number of halogens is 2. The highest BCUT2D eigenvalue weighted by Crippen LogP contribution is 2.18. The van der Waals surface area contributed by atoms with Crippen LogP contribution >= 0.6 is 23.2 Å². The molecule has 0 radical (unpaired) electrons. The number of amides is 1. The Balaban J connectivity index is 1.83. The molecule has 1 heterocycles. The highest BCUT2D eigenvalue weighted by atomic mass is 35.5. The Hall–Kier alpha value is -2.94. The van der Waals surface area contributed by atoms with Gasteiger partial charge in [0.2, 0.25) is 5.82 Å². The third kappa shape index (κ3) is 4.96. The first-order valence-electron chi connectivity index (χ1n) is 8.91. The molecule has 10 heteroatoms. The summed E-state index contributed by atoms with van der Waals surface area (Å²) in [6.07, 6.45) is -1.83. The van der Waals surface area contributed by atoms with Crippen LogP contribution in [-0.4, -0.2) is 49.0 Å². The molecule has 2 atom stereocenters. The first-order chi connectivity index (χ1) is 14.3. The molecule has 0 fully saturated rings. The summed E-state index contributed by atoms with van der Waals surface area (Å²) in [5.41, 5.74) is 1.24. The van der Waals surface area contributed by atoms with E-state index in [0.717, 1.165) is 0 Å². The second kappa shape index (κ2) is 9.25. The van der Waals surface area contributed by atoms with E-state index in [1.54, 1.807) is 55.5 Å². The van der Waals surface area contributed by atoms with Crippen LogP contribution in [0.3, 0.4) is 0 Å². The predicted molar refractivity (Wildman–Crippen MR) is 111 cm³/mol. The van der Waals surface area contributed by atoms with Crippen LogP contribution in [0.15, 0.2) is 48.5 Å². The number of carboxylic acids is 1. The van der Waals surface area contributed by atoms with Gasteiger partial charge in [-0.05, 0) is 49.2 Å². The maximum Gasteiger partial charge on any atom is 0.334 e. The van der Waals surface area contributed by atoms with Crippen LogP contribution in [0.4, 0.5) is 0 Å². The summed E-state index contributed by atoms with van der Waals surface area (Å²) < 4.78 is 1.46. The van der Waals surface area contributed by atoms with Gasteiger partial charge in [-0.2, -0.15) is 0 Å². The number of aliphatic hydroxyl groups is 1. The molecular formula is C20H18Cl2N4O4. The van der Waals surface area contributed by atoms with Gasteiger partial charge in [-0.3, -0.25) is 4.79 Å². The molecule has 3 rings (SSSR count). The second-order valence-electron chi connectivity index (χ2n) is 6.53. The molecule has 0 aliphatic carbocycles. The molecule has 0 spiro atoms. The highest BCUT2D eigenvalue weighted by Gasteiger charge is 2.29. The molecule has 0 saturated heterocycles. The lowest BCUT2D eigenvalue weighted by Gasteiger charge is -2.21. The summed E-state index contributed by atoms with van der Waals surface area (Å²) in [6, 6.07) is 12.4. The van der Waals surface area contributed by atoms with E-state index in [9.17, 15) is 19.8 Å². The van der Waals surface area contributed by atoms with E-state index < -0.39 is 24.0 Å². The number of hydrogen-bond acceptors (Lipinski definition) is 5. The van der Waals surface area contributed by atoms with E-state index >= 15 is 0 Å². The zero-order chi connectivity index (χ0) is 21.8. The number of carbonyl (C=O) groups is 2. The number of aliphatic carboxylic acids is 1. The van der Waals surface area contributed by atoms with Crippen molar-refractivity contribution >= 4 is 35.1 Å². The molecule has 8 nitrogen and oxygen atoms in total. The van der Waals surface area contributed by atoms with Crippen molar-refractivity contribution in [3.63, 3.8) is 0 Å². The standard InChI is InChI=1S/C20H18Cl2N4O4/c1-11-23-18(25-26(11)14-8-6-13(21)7-9-14)19(28)24-16(17(27)20(29)30)10-12-4-2-3-5-15(12)22/h2-9,16-17,27H,10H2,1H3,(H,24,28)(H,29,30). The predicted octanol–water partition coefficient (Wildman–Crippen LogP) is 2.67. The third-order valence-electron chi connectivity index (χ3n) is 4.39. The third-order valence-corrected chi connectivity index (χ3v) is 5.01. The van der Waals surface area contributed by atoms with Gasteiger partial charge in [0.15, 0.2) is 6.10 Å². The molecule has 3 N–H and O–H groups in total. The van der Waals surface area contributed by atoms with E-state index in [4.69, 9.17) is 23.2 Å². The maximum atomic E-state index is 12.7. The van der Waals surface area contributed by atoms with Crippen LogP contribution in [0.25, 0.3) is 5.69 Å². The minimum atomic E-state index is -1.84. The molecular weight excluding hydrogens is 431 g/mol. The van der Waals surface area contributed by atoms with Crippen molar-refractivity contribution in [2.24, 2.45) is 0 Å². The monoisotopic (exact) mass is 448 g/mol. The molecule has 3 aromatic rings. The largest absolute Gasteiger partial charge is 0.479 e. The summed E-state index contributed by atoms with van der Waals surface area (Å²) in [5.74, 6) is -1.90. The summed E-state index contributed by atoms with van der Waals surface area (Å²) in [4.78, 5) is 28.2. The van der Waals surface area contributed by atoms with Crippen LogP contribution in [0, 0.1) is 6.92 Å². The van der Waals surface area contributed by atoms with Crippen molar-refractivity contribution < 1.29 is 19.8 Å². The number of aliphatic hydroxyl groups excluding tert-OH is 1. The van der Waals surface area contributed by atoms with E-state index in [1.165, 1.54) is 4.68 Å². The van der Waals surface area contributed by atoms with E-state index in [1.807, 2.05) is 0 Å². The average molecular weight is 449 g/mol. The summed E-state index contributed by atoms with van der Waals surface area (Å²) in [5, 5.41) is 26.9. The van der Waals surface area contributed by atoms with Crippen LogP contribution < -0.4 is 5.32 Å². The fourth-order valence-corrected chi connectivity index (χ4v) is 3.20. The van der Waals surface area contributed by atoms with Gasteiger partial charge in [-0.15, -0.1) is 5.10 Å². The number of nitrogens with zero attached hydrogens (tertiary/aromatic N) is 3. The van der Waals surface area contributed by atoms with E-state index in [0.29, 0.717) is 27.1 Å². The quantitative estimate of drug-likeness (QED) is 0.511. The average Bonchev–Trinajstić information content (AvgIpc) is 3.10. The molecule has 1 amide bonds. The van der Waals surface area contributed by atoms with Gasteiger partial charge in [-0.25, -0.2) is 14.5 Å². The van der Waals surface area contributed by atoms with Crippen molar-refractivity contribution in [3.05, 3.63) is 75.8 Å². The van der Waals surface area contributed by atoms with Gasteiger partial charge < -0.3 is 15.5 Å². The molecule has 0 aliphatic rings. The van der Waals surface area contributed by atoms with E-state index in [-0.39, 0.29) is 12.2 Å². The van der Waals surface area contributed by atoms with Gasteiger partial charge in [0.25, 0.3) is 5.91 Å². The summed E-state index contributed by atoms with van der Waals surface area (Å²) in [6.45, 7) is 1.67. The molecule has 30 heavy (non-hydrogen) atoms. The van der Waals surface area contributed by atoms with Gasteiger partial charge in [-0.1, -0.05) is 41.4 Å². The number of aryl methyl sites for hydroxylation is 1. The van der Waals surface area contributed by atoms with Gasteiger partial charge in [0.05, 0.1) is 11.7 Å². The van der Waals surface area contributed by atoms with Gasteiger partial charge >= 0.3 is 5.97 Å². The minimum absolute atomic E-state index is 0.00968. The fourth-order valence-electron chi connectivity index (χ4n) is 2.86. The number of benzene rings is 2. The van der Waals surface area contributed by atoms with Crippen molar-refractivity contribution in [2.45, 2.75) is 25.5 Å². The maximum absolute atomic E-state index is 12.7. The Kier molecular flexibility index (Phi) is 6.71. The topological polar surface area (TPSA) is 117 Å². The lowest BCUT2D eigenvalue weighted by atomic mass is 10.0. The number of carbonyl (C=O) groups excluding carboxylic acids is 1. The van der Waals surface area contributed by atoms with Crippen molar-refractivity contribution in [3.8, 4) is 5.69 Å². The van der Waals surface area contributed by atoms with Crippen LogP contribution in [0.2, 0.25) is 10.0 Å². The van der Waals surface area contributed by atoms with Crippen LogP contribution in [0.1, 0.15) is 22.0 Å². The molecule has 1 aromatic heterocycles. The molecule has 0 aliphatic heterocycles. The molecule has 0 saturated carbocycles. The molecule has 0 bridgehead atoms. The first kappa shape index (κ1) is 21.8. The Morgan fingerprint density at radius 2 is 1.80 bits per heavy atom. The Morgan fingerprint density at radius 1 is 1.13 bits per heavy atom. The normalized spacial score (nSPS) is 12.9. The van der Waals surface area contributed by atoms with Gasteiger partial charge in [0.1, 0.15) is 5.82 Å². The number of nitrogens with one attached hydrogen (secondary N) is 1. The van der Waals surface area contributed by atoms with Crippen molar-refractivity contribution in [1.29, 1.82) is 0 Å². The molecule has 2 aromatic carbocycles. The highest BCUT2D eigenvalue weighted by molar-refractivity contribution is 6.31. The Bertz CT molecular complexity index is 1070. The zero-order valence-corrected chi connectivity index (χ0v) is 17.3. The molecule has 2 unspecified atom stereocenters. The van der Waals surface area contributed by atoms with Gasteiger partial charge in [0, 0.05) is 10.0 Å². The number of aromatic nitrogens is 3. The van der Waals surface area contributed by atoms with Crippen molar-refractivity contribution in [2.75, 3.05) is 0 Å². The lowest BCUT2D eigenvalue weighted by molar-refractivity contribution is -0.148. The van der Waals surface area contributed by atoms with Crippen LogP contribution in [-0.2, 0) is 11.2 Å². The fraction of sp³-hybridized carbons (Fsp3) is 0.200. The number of rotatable bonds is 7. The first-order valence-corrected chi connectivity index (χ1v) is 9.66. The minimum Gasteiger partial charge on any atom is -0.479 e. The summed E-state index contributed by atoms with van der Waals surface area (Å²) >= 11 is 12.0. The van der Waals surface area contributed by atoms with Crippen LogP contribution in [0.5, 0.6) is 0 Å². The lowest BCUT2D eigenvalue weighted by Crippen LogP contribution is -2.48. The molecule has 156 valence electrons. The Morgan fingerprint density at radius 3 is 2.43 bits per heavy atom. The second-order valence-corrected chi connectivity index (χ2v) is 7.37. The number of hydrogen-bond donors (Lipinski definition) is 3. The smallest absolute Gasteiger partial charge is 0.334 e. The van der Waals surface area contributed by atoms with E-state index in [2.05, 4.69) is 15.4 Å². The summed E-state index contributed by atoms with van der Waals surface area (Å²) in [7, 11) is 0. The number of carboxylic acid groups (broad SMARTS) is 1. The SMILES string of the molecule is Cc1nc(C(=O)NC(Cc2ccccc2Cl)C(O)C(=O)O)nn1-c1ccc(Cl)cc1. The Labute approximate surface area is 182 Å².